The quantitative estimate of drug-likeness (QED) is 0.869. The first-order valence-corrected chi connectivity index (χ1v) is 10.6. The standard InChI is InChI=1S/C22H31N3O2/c1-2-25-12-15(14-26)10-17-16-4-3-5-19-22(16)18(11-21(17)25)20(23-19)13-24-6-8-27-9-7-24/h3-5,15,17,21,23,26H,2,6-14H2,1H3/t15-,17-,21-/m1/s1. The third-order valence-corrected chi connectivity index (χ3v) is 7.02. The maximum absolute atomic E-state index is 9.82. The minimum Gasteiger partial charge on any atom is -0.396 e. The van der Waals surface area contributed by atoms with Crippen LogP contribution in [0.3, 0.4) is 0 Å². The van der Waals surface area contributed by atoms with E-state index in [1.54, 1.807) is 0 Å². The van der Waals surface area contributed by atoms with Gasteiger partial charge in [-0.3, -0.25) is 9.80 Å². The molecule has 5 heteroatoms. The van der Waals surface area contributed by atoms with E-state index in [9.17, 15) is 5.11 Å². The Balaban J connectivity index is 1.55. The van der Waals surface area contributed by atoms with E-state index in [-0.39, 0.29) is 0 Å². The lowest BCUT2D eigenvalue weighted by molar-refractivity contribution is 0.0333. The molecule has 0 unspecified atom stereocenters. The minimum atomic E-state index is 0.304. The fourth-order valence-corrected chi connectivity index (χ4v) is 5.67. The Hall–Kier alpha value is -1.40. The molecule has 3 atom stereocenters. The van der Waals surface area contributed by atoms with Crippen LogP contribution in [0.5, 0.6) is 0 Å². The van der Waals surface area contributed by atoms with Gasteiger partial charge >= 0.3 is 0 Å². The van der Waals surface area contributed by atoms with Gasteiger partial charge in [0.05, 0.1) is 13.2 Å². The van der Waals surface area contributed by atoms with Crippen molar-refractivity contribution in [1.29, 1.82) is 0 Å². The second-order valence-corrected chi connectivity index (χ2v) is 8.49. The largest absolute Gasteiger partial charge is 0.396 e. The molecule has 0 bridgehead atoms. The van der Waals surface area contributed by atoms with Gasteiger partial charge in [-0.05, 0) is 42.5 Å². The molecule has 5 rings (SSSR count). The van der Waals surface area contributed by atoms with E-state index in [1.807, 2.05) is 0 Å². The van der Waals surface area contributed by atoms with Gasteiger partial charge in [0.25, 0.3) is 0 Å². The number of hydrogen-bond acceptors (Lipinski definition) is 4. The molecule has 146 valence electrons. The van der Waals surface area contributed by atoms with Crippen molar-refractivity contribution in [1.82, 2.24) is 14.8 Å². The number of morpholine rings is 1. The number of benzene rings is 1. The molecule has 1 aromatic heterocycles. The average Bonchev–Trinajstić information content (AvgIpc) is 3.06. The van der Waals surface area contributed by atoms with E-state index in [0.717, 1.165) is 58.8 Å². The van der Waals surface area contributed by atoms with Gasteiger partial charge in [0.2, 0.25) is 0 Å². The summed E-state index contributed by atoms with van der Waals surface area (Å²) in [5, 5.41) is 11.3. The van der Waals surface area contributed by atoms with Crippen molar-refractivity contribution in [3.8, 4) is 0 Å². The van der Waals surface area contributed by atoms with E-state index in [0.29, 0.717) is 24.5 Å². The van der Waals surface area contributed by atoms with Gasteiger partial charge in [0.1, 0.15) is 0 Å². The zero-order chi connectivity index (χ0) is 18.4. The lowest BCUT2D eigenvalue weighted by atomic mass is 9.72. The maximum Gasteiger partial charge on any atom is 0.0594 e. The molecule has 27 heavy (non-hydrogen) atoms. The number of piperidine rings is 1. The van der Waals surface area contributed by atoms with Crippen LogP contribution >= 0.6 is 0 Å². The second-order valence-electron chi connectivity index (χ2n) is 8.49. The monoisotopic (exact) mass is 369 g/mol. The predicted octanol–water partition coefficient (Wildman–Crippen LogP) is 2.34. The Morgan fingerprint density at radius 1 is 1.26 bits per heavy atom. The molecule has 3 heterocycles. The topological polar surface area (TPSA) is 51.7 Å². The van der Waals surface area contributed by atoms with Gasteiger partial charge in [0.15, 0.2) is 0 Å². The van der Waals surface area contributed by atoms with E-state index in [4.69, 9.17) is 4.74 Å². The summed E-state index contributed by atoms with van der Waals surface area (Å²) in [6.45, 7) is 9.39. The predicted molar refractivity (Wildman–Crippen MR) is 107 cm³/mol. The number of rotatable bonds is 4. The number of H-pyrrole nitrogens is 1. The fourth-order valence-electron chi connectivity index (χ4n) is 5.67. The van der Waals surface area contributed by atoms with Crippen molar-refractivity contribution in [2.45, 2.75) is 38.3 Å². The van der Waals surface area contributed by atoms with Crippen molar-refractivity contribution in [2.24, 2.45) is 5.92 Å². The number of nitrogens with one attached hydrogen (secondary N) is 1. The number of aromatic amines is 1. The van der Waals surface area contributed by atoms with Crippen LogP contribution in [-0.4, -0.2) is 71.9 Å². The number of nitrogens with zero attached hydrogens (tertiary/aromatic N) is 2. The molecule has 2 saturated heterocycles. The number of aromatic nitrogens is 1. The molecule has 0 amide bonds. The van der Waals surface area contributed by atoms with Crippen LogP contribution in [-0.2, 0) is 17.7 Å². The van der Waals surface area contributed by atoms with Crippen LogP contribution < -0.4 is 0 Å². The number of likely N-dealkylation sites (N-methyl/N-ethyl adjacent to an activating group) is 1. The Morgan fingerprint density at radius 3 is 2.89 bits per heavy atom. The Kier molecular flexibility index (Phi) is 4.72. The number of hydrogen-bond donors (Lipinski definition) is 2. The lowest BCUT2D eigenvalue weighted by Gasteiger charge is -2.46. The summed E-state index contributed by atoms with van der Waals surface area (Å²) in [7, 11) is 0. The van der Waals surface area contributed by atoms with Crippen LogP contribution in [0, 0.1) is 5.92 Å². The molecule has 5 nitrogen and oxygen atoms in total. The summed E-state index contributed by atoms with van der Waals surface area (Å²) >= 11 is 0. The summed E-state index contributed by atoms with van der Waals surface area (Å²) in [6, 6.07) is 7.34. The summed E-state index contributed by atoms with van der Waals surface area (Å²) in [4.78, 5) is 8.88. The van der Waals surface area contributed by atoms with Gasteiger partial charge < -0.3 is 14.8 Å². The van der Waals surface area contributed by atoms with Crippen LogP contribution in [0.1, 0.15) is 36.1 Å². The molecule has 1 aromatic carbocycles. The maximum atomic E-state index is 9.82. The SMILES string of the molecule is CCN1C[C@H](CO)C[C@@H]2c3cccc4[nH]c(CN5CCOCC5)c(c34)C[C@H]21. The Bertz CT molecular complexity index is 811. The van der Waals surface area contributed by atoms with Crippen LogP contribution in [0.25, 0.3) is 10.9 Å². The molecular formula is C22H31N3O2. The summed E-state index contributed by atoms with van der Waals surface area (Å²) in [5.41, 5.74) is 5.73. The molecule has 1 aliphatic carbocycles. The number of ether oxygens (including phenoxy) is 1. The fraction of sp³-hybridized carbons (Fsp3) is 0.636. The first kappa shape index (κ1) is 17.7. The molecule has 0 radical (unpaired) electrons. The smallest absolute Gasteiger partial charge is 0.0594 e. The number of aliphatic hydroxyl groups excluding tert-OH is 1. The highest BCUT2D eigenvalue weighted by Gasteiger charge is 2.40. The summed E-state index contributed by atoms with van der Waals surface area (Å²) < 4.78 is 5.52. The molecule has 3 aliphatic rings. The number of likely N-dealkylation sites (tertiary alicyclic amines) is 1. The molecule has 0 saturated carbocycles. The van der Waals surface area contributed by atoms with Crippen molar-refractivity contribution in [2.75, 3.05) is 46.0 Å². The van der Waals surface area contributed by atoms with E-state index in [1.165, 1.54) is 27.7 Å². The lowest BCUT2D eigenvalue weighted by Crippen LogP contribution is -2.50. The highest BCUT2D eigenvalue weighted by molar-refractivity contribution is 5.89. The normalized spacial score (nSPS) is 29.2. The van der Waals surface area contributed by atoms with Crippen LogP contribution in [0.15, 0.2) is 18.2 Å². The Labute approximate surface area is 161 Å². The molecule has 2 aromatic rings. The third-order valence-electron chi connectivity index (χ3n) is 7.02. The average molecular weight is 370 g/mol. The van der Waals surface area contributed by atoms with Crippen LogP contribution in [0.4, 0.5) is 0 Å². The summed E-state index contributed by atoms with van der Waals surface area (Å²) in [6.07, 6.45) is 2.24. The first-order chi connectivity index (χ1) is 13.3. The van der Waals surface area contributed by atoms with Gasteiger partial charge in [0, 0.05) is 61.3 Å². The van der Waals surface area contributed by atoms with Crippen molar-refractivity contribution >= 4 is 10.9 Å². The van der Waals surface area contributed by atoms with Gasteiger partial charge in [-0.15, -0.1) is 0 Å². The zero-order valence-electron chi connectivity index (χ0n) is 16.3. The molecule has 2 fully saturated rings. The molecule has 2 aliphatic heterocycles. The van der Waals surface area contributed by atoms with Gasteiger partial charge in [-0.2, -0.15) is 0 Å². The highest BCUT2D eigenvalue weighted by atomic mass is 16.5. The number of aliphatic hydroxyl groups is 1. The zero-order valence-corrected chi connectivity index (χ0v) is 16.3. The second kappa shape index (κ2) is 7.21. The molecule has 0 spiro atoms. The molecular weight excluding hydrogens is 338 g/mol. The highest BCUT2D eigenvalue weighted by Crippen LogP contribution is 2.45. The van der Waals surface area contributed by atoms with Gasteiger partial charge in [-0.25, -0.2) is 0 Å². The Morgan fingerprint density at radius 2 is 2.11 bits per heavy atom. The van der Waals surface area contributed by atoms with Crippen molar-refractivity contribution < 1.29 is 9.84 Å². The third kappa shape index (κ3) is 3.01. The van der Waals surface area contributed by atoms with Crippen molar-refractivity contribution in [3.63, 3.8) is 0 Å². The number of fused-ring (bicyclic) bond motifs is 2. The van der Waals surface area contributed by atoms with Crippen molar-refractivity contribution in [3.05, 3.63) is 35.0 Å². The van der Waals surface area contributed by atoms with E-state index in [2.05, 4.69) is 39.9 Å². The summed E-state index contributed by atoms with van der Waals surface area (Å²) in [5.74, 6) is 0.939. The first-order valence-electron chi connectivity index (χ1n) is 10.6. The van der Waals surface area contributed by atoms with E-state index >= 15 is 0 Å². The molecule has 2 N–H and O–H groups in total. The van der Waals surface area contributed by atoms with Gasteiger partial charge in [-0.1, -0.05) is 19.1 Å². The van der Waals surface area contributed by atoms with Crippen LogP contribution in [0.2, 0.25) is 0 Å². The minimum absolute atomic E-state index is 0.304. The van der Waals surface area contributed by atoms with E-state index < -0.39 is 0 Å².